The first-order valence-corrected chi connectivity index (χ1v) is 8.59. The molecule has 21 heavy (non-hydrogen) atoms. The Labute approximate surface area is 127 Å². The first kappa shape index (κ1) is 12.3. The van der Waals surface area contributed by atoms with E-state index in [4.69, 9.17) is 0 Å². The van der Waals surface area contributed by atoms with Gasteiger partial charge in [0.15, 0.2) is 0 Å². The van der Waals surface area contributed by atoms with E-state index < -0.39 is 0 Å². The Morgan fingerprint density at radius 3 is 2.10 bits per heavy atom. The van der Waals surface area contributed by atoms with Crippen molar-refractivity contribution >= 4 is 5.70 Å². The number of nitrogens with one attached hydrogen (secondary N) is 2. The van der Waals surface area contributed by atoms with Crippen molar-refractivity contribution in [2.24, 2.45) is 23.2 Å². The van der Waals surface area contributed by atoms with Crippen LogP contribution in [0.5, 0.6) is 0 Å². The zero-order chi connectivity index (χ0) is 13.9. The van der Waals surface area contributed by atoms with Gasteiger partial charge in [0.05, 0.1) is 11.7 Å². The van der Waals surface area contributed by atoms with E-state index in [0.717, 1.165) is 17.8 Å². The summed E-state index contributed by atoms with van der Waals surface area (Å²) in [5, 5.41) is 0. The van der Waals surface area contributed by atoms with Crippen LogP contribution in [0.25, 0.3) is 5.70 Å². The average molecular weight is 280 g/mol. The molecule has 110 valence electrons. The zero-order valence-electron chi connectivity index (χ0n) is 12.5. The Morgan fingerprint density at radius 2 is 1.48 bits per heavy atom. The van der Waals surface area contributed by atoms with Gasteiger partial charge in [0.1, 0.15) is 0 Å². The molecule has 4 bridgehead atoms. The molecule has 6 rings (SSSR count). The number of benzene rings is 1. The minimum Gasteiger partial charge on any atom is -0.321 e. The number of hydrogen-bond donors (Lipinski definition) is 2. The van der Waals surface area contributed by atoms with Crippen molar-refractivity contribution in [3.8, 4) is 0 Å². The van der Waals surface area contributed by atoms with Gasteiger partial charge in [0.25, 0.3) is 0 Å². The maximum atomic E-state index is 3.62. The van der Waals surface area contributed by atoms with Crippen LogP contribution in [0, 0.1) is 23.2 Å². The summed E-state index contributed by atoms with van der Waals surface area (Å²) in [6.45, 7) is 0. The Hall–Kier alpha value is -1.28. The molecule has 0 saturated heterocycles. The molecule has 2 nitrogen and oxygen atoms in total. The number of hydrazine groups is 1. The van der Waals surface area contributed by atoms with Crippen molar-refractivity contribution in [3.63, 3.8) is 0 Å². The van der Waals surface area contributed by atoms with E-state index in [1.807, 2.05) is 0 Å². The van der Waals surface area contributed by atoms with Crippen LogP contribution in [0.1, 0.15) is 44.1 Å². The highest BCUT2D eigenvalue weighted by atomic mass is 15.4. The molecule has 4 fully saturated rings. The Morgan fingerprint density at radius 1 is 0.857 bits per heavy atom. The van der Waals surface area contributed by atoms with Crippen molar-refractivity contribution in [2.45, 2.75) is 44.6 Å². The molecule has 1 unspecified atom stereocenters. The summed E-state index contributed by atoms with van der Waals surface area (Å²) in [4.78, 5) is 0. The molecule has 2 N–H and O–H groups in total. The lowest BCUT2D eigenvalue weighted by atomic mass is 9.48. The zero-order valence-corrected chi connectivity index (χ0v) is 12.5. The Kier molecular flexibility index (Phi) is 2.55. The molecule has 4 saturated carbocycles. The molecule has 5 aliphatic rings. The quantitative estimate of drug-likeness (QED) is 0.862. The summed E-state index contributed by atoms with van der Waals surface area (Å²) in [6.07, 6.45) is 11.4. The lowest BCUT2D eigenvalue weighted by molar-refractivity contribution is -0.0647. The second kappa shape index (κ2) is 4.36. The van der Waals surface area contributed by atoms with Gasteiger partial charge in [-0.25, -0.2) is 5.43 Å². The van der Waals surface area contributed by atoms with Gasteiger partial charge in [0.2, 0.25) is 0 Å². The molecule has 0 aromatic heterocycles. The first-order valence-electron chi connectivity index (χ1n) is 8.59. The van der Waals surface area contributed by atoms with E-state index in [9.17, 15) is 0 Å². The normalized spacial score (nSPS) is 43.7. The van der Waals surface area contributed by atoms with Crippen molar-refractivity contribution in [1.82, 2.24) is 10.9 Å². The molecular formula is C19H24N2. The third-order valence-electron chi connectivity index (χ3n) is 6.53. The lowest BCUT2D eigenvalue weighted by Gasteiger charge is -2.58. The molecule has 1 aliphatic heterocycles. The highest BCUT2D eigenvalue weighted by Gasteiger charge is 2.54. The number of hydrogen-bond acceptors (Lipinski definition) is 2. The predicted molar refractivity (Wildman–Crippen MR) is 85.1 cm³/mol. The summed E-state index contributed by atoms with van der Waals surface area (Å²) < 4.78 is 0. The molecule has 0 radical (unpaired) electrons. The van der Waals surface area contributed by atoms with Crippen LogP contribution >= 0.6 is 0 Å². The van der Waals surface area contributed by atoms with Crippen molar-refractivity contribution in [1.29, 1.82) is 0 Å². The summed E-state index contributed by atoms with van der Waals surface area (Å²) in [5.41, 5.74) is 10.2. The topological polar surface area (TPSA) is 24.1 Å². The van der Waals surface area contributed by atoms with Crippen LogP contribution in [0.2, 0.25) is 0 Å². The maximum Gasteiger partial charge on any atom is 0.0536 e. The van der Waals surface area contributed by atoms with E-state index in [1.54, 1.807) is 0 Å². The van der Waals surface area contributed by atoms with Crippen LogP contribution in [-0.2, 0) is 0 Å². The predicted octanol–water partition coefficient (Wildman–Crippen LogP) is 3.72. The third kappa shape index (κ3) is 1.88. The Balaban J connectivity index is 1.45. The Bertz CT molecular complexity index is 539. The molecule has 1 aromatic carbocycles. The van der Waals surface area contributed by atoms with Crippen molar-refractivity contribution in [3.05, 3.63) is 42.0 Å². The summed E-state index contributed by atoms with van der Waals surface area (Å²) in [7, 11) is 0. The van der Waals surface area contributed by atoms with Crippen LogP contribution in [0.15, 0.2) is 36.4 Å². The van der Waals surface area contributed by atoms with Gasteiger partial charge in [0, 0.05) is 0 Å². The van der Waals surface area contributed by atoms with Crippen LogP contribution in [0.3, 0.4) is 0 Å². The second-order valence-corrected chi connectivity index (χ2v) is 7.97. The molecule has 4 aliphatic carbocycles. The molecule has 0 spiro atoms. The standard InChI is InChI=1S/C19H24N2/c1-2-4-16(5-3-1)17-9-18(21-20-17)19-10-13-6-14(11-19)8-15(7-13)12-19/h1-5,9,13-15,18,20-21H,6-8,10-12H2. The van der Waals surface area contributed by atoms with E-state index in [0.29, 0.717) is 11.5 Å². The summed E-state index contributed by atoms with van der Waals surface area (Å²) in [6, 6.07) is 11.3. The van der Waals surface area contributed by atoms with Crippen LogP contribution < -0.4 is 10.9 Å². The fourth-order valence-electron chi connectivity index (χ4n) is 6.08. The summed E-state index contributed by atoms with van der Waals surface area (Å²) in [5.74, 6) is 3.06. The molecular weight excluding hydrogens is 256 g/mol. The third-order valence-corrected chi connectivity index (χ3v) is 6.53. The largest absolute Gasteiger partial charge is 0.321 e. The smallest absolute Gasteiger partial charge is 0.0536 e. The van der Waals surface area contributed by atoms with Crippen LogP contribution in [0.4, 0.5) is 0 Å². The average Bonchev–Trinajstić information content (AvgIpc) is 2.97. The minimum atomic E-state index is 0.529. The molecule has 1 atom stereocenters. The van der Waals surface area contributed by atoms with Gasteiger partial charge in [-0.05, 0) is 73.3 Å². The van der Waals surface area contributed by atoms with E-state index in [-0.39, 0.29) is 0 Å². The molecule has 2 heteroatoms. The SMILES string of the molecule is C1=C(c2ccccc2)NNC1C12CC3CC(CC(C3)C1)C2. The van der Waals surface area contributed by atoms with E-state index >= 15 is 0 Å². The summed E-state index contributed by atoms with van der Waals surface area (Å²) >= 11 is 0. The van der Waals surface area contributed by atoms with Gasteiger partial charge in [-0.3, -0.25) is 0 Å². The highest BCUT2D eigenvalue weighted by molar-refractivity contribution is 5.66. The van der Waals surface area contributed by atoms with Crippen LogP contribution in [-0.4, -0.2) is 6.04 Å². The van der Waals surface area contributed by atoms with Gasteiger partial charge >= 0.3 is 0 Å². The second-order valence-electron chi connectivity index (χ2n) is 7.97. The lowest BCUT2D eigenvalue weighted by Crippen LogP contribution is -2.55. The molecule has 1 heterocycles. The van der Waals surface area contributed by atoms with Gasteiger partial charge in [-0.15, -0.1) is 0 Å². The maximum absolute atomic E-state index is 3.62. The monoisotopic (exact) mass is 280 g/mol. The first-order chi connectivity index (χ1) is 10.3. The van der Waals surface area contributed by atoms with Gasteiger partial charge in [-0.2, -0.15) is 0 Å². The van der Waals surface area contributed by atoms with Gasteiger partial charge in [-0.1, -0.05) is 30.3 Å². The van der Waals surface area contributed by atoms with Gasteiger partial charge < -0.3 is 5.43 Å². The van der Waals surface area contributed by atoms with E-state index in [1.165, 1.54) is 49.8 Å². The minimum absolute atomic E-state index is 0.529. The van der Waals surface area contributed by atoms with Crippen molar-refractivity contribution in [2.75, 3.05) is 0 Å². The fraction of sp³-hybridized carbons (Fsp3) is 0.579. The van der Waals surface area contributed by atoms with Crippen molar-refractivity contribution < 1.29 is 0 Å². The number of rotatable bonds is 2. The molecule has 1 aromatic rings. The molecule has 0 amide bonds. The highest BCUT2D eigenvalue weighted by Crippen LogP contribution is 2.61. The van der Waals surface area contributed by atoms with E-state index in [2.05, 4.69) is 47.3 Å². The fourth-order valence-corrected chi connectivity index (χ4v) is 6.08.